The van der Waals surface area contributed by atoms with Crippen molar-refractivity contribution >= 4 is 5.91 Å². The van der Waals surface area contributed by atoms with Crippen molar-refractivity contribution in [1.82, 2.24) is 25.6 Å². The molecule has 0 aromatic carbocycles. The third kappa shape index (κ3) is 2.82. The van der Waals surface area contributed by atoms with Crippen molar-refractivity contribution in [2.75, 3.05) is 32.8 Å². The minimum Gasteiger partial charge on any atom is -0.388 e. The van der Waals surface area contributed by atoms with Gasteiger partial charge in [0.2, 0.25) is 0 Å². The number of nitrogens with one attached hydrogen (secondary N) is 2. The number of hydrogen-bond donors (Lipinski definition) is 3. The summed E-state index contributed by atoms with van der Waals surface area (Å²) in [7, 11) is 0. The lowest BCUT2D eigenvalue weighted by atomic mass is 9.94. The Kier molecular flexibility index (Phi) is 3.68. The Balaban J connectivity index is 1.54. The fourth-order valence-corrected chi connectivity index (χ4v) is 2.28. The minimum absolute atomic E-state index is 0.215. The van der Waals surface area contributed by atoms with E-state index >= 15 is 0 Å². The van der Waals surface area contributed by atoms with E-state index < -0.39 is 5.60 Å². The van der Waals surface area contributed by atoms with Gasteiger partial charge in [-0.3, -0.25) is 4.79 Å². The zero-order valence-corrected chi connectivity index (χ0v) is 11.2. The summed E-state index contributed by atoms with van der Waals surface area (Å²) >= 11 is 0. The molecule has 8 heteroatoms. The van der Waals surface area contributed by atoms with E-state index in [9.17, 15) is 9.90 Å². The van der Waals surface area contributed by atoms with Gasteiger partial charge in [-0.2, -0.15) is 0 Å². The lowest BCUT2D eigenvalue weighted by Crippen LogP contribution is -2.46. The molecule has 3 heterocycles. The zero-order chi connectivity index (χ0) is 14.0. The van der Waals surface area contributed by atoms with Gasteiger partial charge in [0.1, 0.15) is 0 Å². The number of nitrogens with zero attached hydrogens (tertiary/aromatic N) is 3. The molecule has 1 amide bonds. The highest BCUT2D eigenvalue weighted by Gasteiger charge is 2.30. The van der Waals surface area contributed by atoms with Gasteiger partial charge >= 0.3 is 0 Å². The summed E-state index contributed by atoms with van der Waals surface area (Å²) in [5.41, 5.74) is -0.588. The van der Waals surface area contributed by atoms with Crippen LogP contribution in [0.15, 0.2) is 6.20 Å². The number of carbonyl (C=O) groups excluding carboxylic acids is 1. The third-order valence-corrected chi connectivity index (χ3v) is 3.88. The number of carbonyl (C=O) groups is 1. The van der Waals surface area contributed by atoms with Gasteiger partial charge in [0.15, 0.2) is 5.69 Å². The molecule has 0 bridgehead atoms. The second kappa shape index (κ2) is 5.47. The van der Waals surface area contributed by atoms with Crippen LogP contribution in [0.3, 0.4) is 0 Å². The van der Waals surface area contributed by atoms with E-state index in [2.05, 4.69) is 20.9 Å². The maximum atomic E-state index is 12.0. The van der Waals surface area contributed by atoms with Crippen LogP contribution in [0.5, 0.6) is 0 Å². The van der Waals surface area contributed by atoms with Crippen molar-refractivity contribution in [2.45, 2.75) is 24.5 Å². The molecule has 3 rings (SSSR count). The standard InChI is InChI=1S/C12H19N5O3/c18-11(14-8-12(19)1-3-20-4-2-12)10-7-17(16-15-10)9-5-13-6-9/h7,9,13,19H,1-6,8H2,(H,14,18). The van der Waals surface area contributed by atoms with Crippen LogP contribution in [0, 0.1) is 0 Å². The smallest absolute Gasteiger partial charge is 0.273 e. The van der Waals surface area contributed by atoms with Crippen molar-refractivity contribution in [3.05, 3.63) is 11.9 Å². The number of aromatic nitrogens is 3. The lowest BCUT2D eigenvalue weighted by Gasteiger charge is -2.31. The Morgan fingerprint density at radius 3 is 2.95 bits per heavy atom. The number of ether oxygens (including phenoxy) is 1. The van der Waals surface area contributed by atoms with Crippen LogP contribution in [0.4, 0.5) is 0 Å². The number of aliphatic hydroxyl groups is 1. The Morgan fingerprint density at radius 2 is 2.30 bits per heavy atom. The van der Waals surface area contributed by atoms with Crippen molar-refractivity contribution in [3.8, 4) is 0 Å². The summed E-state index contributed by atoms with van der Waals surface area (Å²) in [5, 5.41) is 23.9. The summed E-state index contributed by atoms with van der Waals surface area (Å²) in [6.07, 6.45) is 2.72. The van der Waals surface area contributed by atoms with E-state index in [1.807, 2.05) is 0 Å². The SMILES string of the molecule is O=C(NCC1(O)CCOCC1)c1cn(C2CNC2)nn1. The molecule has 2 fully saturated rings. The van der Waals surface area contributed by atoms with Crippen LogP contribution in [-0.4, -0.2) is 64.5 Å². The molecule has 0 saturated carbocycles. The fourth-order valence-electron chi connectivity index (χ4n) is 2.28. The average Bonchev–Trinajstić information content (AvgIpc) is 2.84. The van der Waals surface area contributed by atoms with Gasteiger partial charge in [0.05, 0.1) is 17.8 Å². The summed E-state index contributed by atoms with van der Waals surface area (Å²) in [6, 6.07) is 0.281. The number of hydrogen-bond acceptors (Lipinski definition) is 6. The second-order valence-electron chi connectivity index (χ2n) is 5.42. The summed E-state index contributed by atoms with van der Waals surface area (Å²) < 4.78 is 6.90. The summed E-state index contributed by atoms with van der Waals surface area (Å²) in [4.78, 5) is 12.0. The van der Waals surface area contributed by atoms with Crippen LogP contribution in [0.1, 0.15) is 29.4 Å². The molecule has 3 N–H and O–H groups in total. The molecule has 2 saturated heterocycles. The Labute approximate surface area is 116 Å². The number of amides is 1. The molecule has 20 heavy (non-hydrogen) atoms. The second-order valence-corrected chi connectivity index (χ2v) is 5.42. The van der Waals surface area contributed by atoms with Gasteiger partial charge in [0, 0.05) is 45.7 Å². The van der Waals surface area contributed by atoms with Gasteiger partial charge in [-0.1, -0.05) is 5.21 Å². The molecule has 1 aromatic rings. The molecule has 2 aliphatic heterocycles. The first-order valence-corrected chi connectivity index (χ1v) is 6.87. The lowest BCUT2D eigenvalue weighted by molar-refractivity contribution is -0.0605. The molecule has 0 aliphatic carbocycles. The molecule has 1 aromatic heterocycles. The first-order chi connectivity index (χ1) is 9.66. The topological polar surface area (TPSA) is 101 Å². The molecule has 0 unspecified atom stereocenters. The normalized spacial score (nSPS) is 22.2. The van der Waals surface area contributed by atoms with Crippen molar-refractivity contribution in [2.24, 2.45) is 0 Å². The van der Waals surface area contributed by atoms with Crippen LogP contribution >= 0.6 is 0 Å². The van der Waals surface area contributed by atoms with Crippen LogP contribution < -0.4 is 10.6 Å². The molecule has 0 atom stereocenters. The van der Waals surface area contributed by atoms with Gasteiger partial charge in [-0.05, 0) is 0 Å². The predicted octanol–water partition coefficient (Wildman–Crippen LogP) is -1.31. The maximum absolute atomic E-state index is 12.0. The van der Waals surface area contributed by atoms with E-state index in [-0.39, 0.29) is 24.2 Å². The largest absolute Gasteiger partial charge is 0.388 e. The van der Waals surface area contributed by atoms with Gasteiger partial charge in [0.25, 0.3) is 5.91 Å². The van der Waals surface area contributed by atoms with Crippen molar-refractivity contribution in [3.63, 3.8) is 0 Å². The Morgan fingerprint density at radius 1 is 1.55 bits per heavy atom. The quantitative estimate of drug-likeness (QED) is 0.634. The van der Waals surface area contributed by atoms with E-state index in [4.69, 9.17) is 4.74 Å². The third-order valence-electron chi connectivity index (χ3n) is 3.88. The van der Waals surface area contributed by atoms with Gasteiger partial charge in [-0.15, -0.1) is 5.10 Å². The highest BCUT2D eigenvalue weighted by atomic mass is 16.5. The first-order valence-electron chi connectivity index (χ1n) is 6.87. The molecule has 0 spiro atoms. The van der Waals surface area contributed by atoms with Gasteiger partial charge < -0.3 is 20.5 Å². The molecular weight excluding hydrogens is 262 g/mol. The molecule has 0 radical (unpaired) electrons. The van der Waals surface area contributed by atoms with Gasteiger partial charge in [-0.25, -0.2) is 4.68 Å². The van der Waals surface area contributed by atoms with E-state index in [0.717, 1.165) is 13.1 Å². The summed E-state index contributed by atoms with van der Waals surface area (Å²) in [5.74, 6) is -0.302. The number of rotatable bonds is 4. The Hall–Kier alpha value is -1.51. The molecule has 8 nitrogen and oxygen atoms in total. The molecule has 110 valence electrons. The van der Waals surface area contributed by atoms with Crippen LogP contribution in [0.25, 0.3) is 0 Å². The van der Waals surface area contributed by atoms with Crippen LogP contribution in [-0.2, 0) is 4.74 Å². The molecule has 2 aliphatic rings. The first kappa shape index (κ1) is 13.5. The fraction of sp³-hybridized carbons (Fsp3) is 0.750. The van der Waals surface area contributed by atoms with Crippen molar-refractivity contribution < 1.29 is 14.6 Å². The monoisotopic (exact) mass is 281 g/mol. The van der Waals surface area contributed by atoms with E-state index in [1.54, 1.807) is 10.9 Å². The minimum atomic E-state index is -0.873. The molecular formula is C12H19N5O3. The van der Waals surface area contributed by atoms with Crippen LogP contribution in [0.2, 0.25) is 0 Å². The van der Waals surface area contributed by atoms with E-state index in [1.165, 1.54) is 0 Å². The highest BCUT2D eigenvalue weighted by molar-refractivity contribution is 5.91. The Bertz CT molecular complexity index is 479. The summed E-state index contributed by atoms with van der Waals surface area (Å²) in [6.45, 7) is 2.97. The maximum Gasteiger partial charge on any atom is 0.273 e. The van der Waals surface area contributed by atoms with E-state index in [0.29, 0.717) is 26.1 Å². The highest BCUT2D eigenvalue weighted by Crippen LogP contribution is 2.19. The zero-order valence-electron chi connectivity index (χ0n) is 11.2. The predicted molar refractivity (Wildman–Crippen MR) is 69.3 cm³/mol. The van der Waals surface area contributed by atoms with Crippen molar-refractivity contribution in [1.29, 1.82) is 0 Å². The average molecular weight is 281 g/mol.